The lowest BCUT2D eigenvalue weighted by atomic mass is 10.1. The van der Waals surface area contributed by atoms with Crippen LogP contribution >= 0.6 is 27.5 Å². The first kappa shape index (κ1) is 10.6. The van der Waals surface area contributed by atoms with Gasteiger partial charge in [-0.1, -0.05) is 27.5 Å². The van der Waals surface area contributed by atoms with Gasteiger partial charge in [0, 0.05) is 23.5 Å². The summed E-state index contributed by atoms with van der Waals surface area (Å²) >= 11 is 9.25. The Hall–Kier alpha value is 0.470. The molecule has 0 N–H and O–H groups in total. The molecule has 0 aliphatic carbocycles. The van der Waals surface area contributed by atoms with Gasteiger partial charge >= 0.3 is 0 Å². The Balaban J connectivity index is 2.32. The van der Waals surface area contributed by atoms with Crippen molar-refractivity contribution in [2.24, 2.45) is 0 Å². The van der Waals surface area contributed by atoms with Gasteiger partial charge in [-0.3, -0.25) is 4.90 Å². The monoisotopic (exact) mass is 251 g/mol. The van der Waals surface area contributed by atoms with Crippen LogP contribution < -0.4 is 0 Å². The molecule has 0 radical (unpaired) electrons. The average Bonchev–Trinajstić information content (AvgIpc) is 2.04. The van der Waals surface area contributed by atoms with Gasteiger partial charge in [-0.2, -0.15) is 0 Å². The molecule has 3 heteroatoms. The van der Waals surface area contributed by atoms with E-state index in [1.165, 1.54) is 25.0 Å². The molecule has 0 spiro atoms. The van der Waals surface area contributed by atoms with E-state index in [1.807, 2.05) is 0 Å². The minimum Gasteiger partial charge on any atom is -0.298 e. The van der Waals surface area contributed by atoms with Crippen LogP contribution in [-0.2, 0) is 0 Å². The normalized spacial score (nSPS) is 27.6. The van der Waals surface area contributed by atoms with Gasteiger partial charge in [0.2, 0.25) is 0 Å². The predicted octanol–water partition coefficient (Wildman–Crippen LogP) is 2.99. The van der Waals surface area contributed by atoms with Crippen molar-refractivity contribution in [3.63, 3.8) is 0 Å². The maximum absolute atomic E-state index is 5.61. The Morgan fingerprint density at radius 1 is 1.75 bits per heavy atom. The average molecular weight is 253 g/mol. The first-order valence-electron chi connectivity index (χ1n) is 4.34. The van der Waals surface area contributed by atoms with Gasteiger partial charge in [-0.05, 0) is 31.9 Å². The molecular formula is C9H15BrClN. The fraction of sp³-hybridized carbons (Fsp3) is 0.778. The summed E-state index contributed by atoms with van der Waals surface area (Å²) in [6, 6.07) is 0. The molecule has 0 aromatic rings. The molecule has 1 unspecified atom stereocenters. The van der Waals surface area contributed by atoms with Gasteiger partial charge in [-0.15, -0.1) is 0 Å². The number of alkyl halides is 1. The Morgan fingerprint density at radius 2 is 2.50 bits per heavy atom. The molecule has 1 heterocycles. The Morgan fingerprint density at radius 3 is 3.08 bits per heavy atom. The third-order valence-corrected chi connectivity index (χ3v) is 3.23. The van der Waals surface area contributed by atoms with E-state index in [1.54, 1.807) is 5.54 Å². The molecule has 1 fully saturated rings. The molecule has 1 aliphatic rings. The molecule has 0 saturated carbocycles. The molecule has 1 rings (SSSR count). The lowest BCUT2D eigenvalue weighted by molar-refractivity contribution is 0.254. The van der Waals surface area contributed by atoms with Crippen LogP contribution in [0.25, 0.3) is 0 Å². The minimum absolute atomic E-state index is 0.675. The van der Waals surface area contributed by atoms with Gasteiger partial charge in [-0.25, -0.2) is 0 Å². The highest BCUT2D eigenvalue weighted by molar-refractivity contribution is 9.09. The summed E-state index contributed by atoms with van der Waals surface area (Å²) in [4.78, 5) is 3.12. The second kappa shape index (κ2) is 5.25. The lowest BCUT2D eigenvalue weighted by Gasteiger charge is -2.29. The van der Waals surface area contributed by atoms with Crippen LogP contribution in [0.15, 0.2) is 11.1 Å². The fourth-order valence-electron chi connectivity index (χ4n) is 1.53. The molecule has 0 aromatic carbocycles. The summed E-state index contributed by atoms with van der Waals surface area (Å²) in [6.45, 7) is 5.46. The number of hydrogen-bond acceptors (Lipinski definition) is 1. The van der Waals surface area contributed by atoms with E-state index in [0.29, 0.717) is 4.83 Å². The van der Waals surface area contributed by atoms with Gasteiger partial charge in [0.25, 0.3) is 0 Å². The van der Waals surface area contributed by atoms with E-state index in [0.717, 1.165) is 13.1 Å². The highest BCUT2D eigenvalue weighted by Gasteiger charge is 2.16. The van der Waals surface area contributed by atoms with Crippen molar-refractivity contribution in [2.45, 2.75) is 24.6 Å². The molecule has 0 bridgehead atoms. The third kappa shape index (κ3) is 3.46. The zero-order valence-corrected chi connectivity index (χ0v) is 9.74. The van der Waals surface area contributed by atoms with Crippen LogP contribution in [0.3, 0.4) is 0 Å². The van der Waals surface area contributed by atoms with Crippen LogP contribution in [0.1, 0.15) is 19.8 Å². The van der Waals surface area contributed by atoms with E-state index in [2.05, 4.69) is 27.8 Å². The summed E-state index contributed by atoms with van der Waals surface area (Å²) < 4.78 is 0. The number of likely N-dealkylation sites (tertiary alicyclic amines) is 1. The highest BCUT2D eigenvalue weighted by Crippen LogP contribution is 2.17. The minimum atomic E-state index is 0.675. The van der Waals surface area contributed by atoms with Gasteiger partial charge < -0.3 is 0 Å². The third-order valence-electron chi connectivity index (χ3n) is 2.11. The quantitative estimate of drug-likeness (QED) is 0.683. The van der Waals surface area contributed by atoms with E-state index >= 15 is 0 Å². The standard InChI is InChI=1S/C9H15BrClN/c1-8(5-11)6-12-4-2-3-9(10)7-12/h5,9H,2-4,6-7H2,1H3/b8-5+. The summed E-state index contributed by atoms with van der Waals surface area (Å²) in [5.41, 5.74) is 2.93. The molecule has 1 atom stereocenters. The van der Waals surface area contributed by atoms with E-state index in [-0.39, 0.29) is 0 Å². The van der Waals surface area contributed by atoms with Gasteiger partial charge in [0.1, 0.15) is 0 Å². The largest absolute Gasteiger partial charge is 0.298 e. The Labute approximate surface area is 87.9 Å². The first-order chi connectivity index (χ1) is 5.72. The van der Waals surface area contributed by atoms with Crippen molar-refractivity contribution in [1.82, 2.24) is 4.90 Å². The summed E-state index contributed by atoms with van der Waals surface area (Å²) in [5, 5.41) is 0. The summed E-state index contributed by atoms with van der Waals surface area (Å²) in [5.74, 6) is 0. The maximum Gasteiger partial charge on any atom is 0.0273 e. The van der Waals surface area contributed by atoms with Crippen LogP contribution in [0.2, 0.25) is 0 Å². The maximum atomic E-state index is 5.61. The van der Waals surface area contributed by atoms with Crippen molar-refractivity contribution in [2.75, 3.05) is 19.6 Å². The molecule has 0 aromatic heterocycles. The van der Waals surface area contributed by atoms with Crippen molar-refractivity contribution in [3.05, 3.63) is 11.1 Å². The van der Waals surface area contributed by atoms with E-state index in [9.17, 15) is 0 Å². The zero-order valence-electron chi connectivity index (χ0n) is 7.39. The summed E-state index contributed by atoms with van der Waals surface area (Å²) in [7, 11) is 0. The van der Waals surface area contributed by atoms with Gasteiger partial charge in [0.15, 0.2) is 0 Å². The molecule has 0 amide bonds. The molecule has 70 valence electrons. The smallest absolute Gasteiger partial charge is 0.0273 e. The SMILES string of the molecule is C/C(=C\Cl)CN1CCCC(Br)C1. The molecule has 1 nitrogen and oxygen atoms in total. The second-order valence-electron chi connectivity index (χ2n) is 3.43. The Kier molecular flexibility index (Phi) is 4.62. The van der Waals surface area contributed by atoms with E-state index in [4.69, 9.17) is 11.6 Å². The number of piperidine rings is 1. The molecule has 1 aliphatic heterocycles. The van der Waals surface area contributed by atoms with Crippen molar-refractivity contribution < 1.29 is 0 Å². The number of rotatable bonds is 2. The molecule has 12 heavy (non-hydrogen) atoms. The molecule has 1 saturated heterocycles. The molecular weight excluding hydrogens is 237 g/mol. The van der Waals surface area contributed by atoms with Crippen LogP contribution in [0, 0.1) is 0 Å². The number of halogens is 2. The predicted molar refractivity (Wildman–Crippen MR) is 58.0 cm³/mol. The second-order valence-corrected chi connectivity index (χ2v) is 4.94. The first-order valence-corrected chi connectivity index (χ1v) is 5.70. The van der Waals surface area contributed by atoms with Crippen LogP contribution in [0.4, 0.5) is 0 Å². The number of hydrogen-bond donors (Lipinski definition) is 0. The summed E-state index contributed by atoms with van der Waals surface area (Å²) in [6.07, 6.45) is 2.60. The number of nitrogens with zero attached hydrogens (tertiary/aromatic N) is 1. The zero-order chi connectivity index (χ0) is 8.97. The van der Waals surface area contributed by atoms with Crippen molar-refractivity contribution in [1.29, 1.82) is 0 Å². The topological polar surface area (TPSA) is 3.24 Å². The van der Waals surface area contributed by atoms with Gasteiger partial charge in [0.05, 0.1) is 0 Å². The van der Waals surface area contributed by atoms with Crippen molar-refractivity contribution >= 4 is 27.5 Å². The highest BCUT2D eigenvalue weighted by atomic mass is 79.9. The van der Waals surface area contributed by atoms with Crippen LogP contribution in [0.5, 0.6) is 0 Å². The van der Waals surface area contributed by atoms with Crippen LogP contribution in [-0.4, -0.2) is 29.4 Å². The lowest BCUT2D eigenvalue weighted by Crippen LogP contribution is -2.36. The van der Waals surface area contributed by atoms with Crippen molar-refractivity contribution in [3.8, 4) is 0 Å². The fourth-order valence-corrected chi connectivity index (χ4v) is 2.33. The van der Waals surface area contributed by atoms with E-state index < -0.39 is 0 Å². The Bertz CT molecular complexity index is 170.